The highest BCUT2D eigenvalue weighted by Crippen LogP contribution is 2.18. The summed E-state index contributed by atoms with van der Waals surface area (Å²) in [5.41, 5.74) is 3.34. The van der Waals surface area contributed by atoms with Crippen LogP contribution < -0.4 is 15.5 Å². The van der Waals surface area contributed by atoms with E-state index in [0.717, 1.165) is 16.8 Å². The van der Waals surface area contributed by atoms with Crippen LogP contribution in [0.25, 0.3) is 0 Å². The molecule has 24 heavy (non-hydrogen) atoms. The monoisotopic (exact) mass is 345 g/mol. The van der Waals surface area contributed by atoms with Crippen LogP contribution in [0.2, 0.25) is 0 Å². The van der Waals surface area contributed by atoms with E-state index in [4.69, 9.17) is 0 Å². The molecule has 1 atom stereocenters. The van der Waals surface area contributed by atoms with Crippen LogP contribution in [0, 0.1) is 6.92 Å². The normalized spacial score (nSPS) is 11.7. The molecule has 0 aliphatic rings. The van der Waals surface area contributed by atoms with Gasteiger partial charge < -0.3 is 15.5 Å². The first-order valence-corrected chi connectivity index (χ1v) is 8.65. The summed E-state index contributed by atoms with van der Waals surface area (Å²) in [6, 6.07) is 9.06. The molecule has 0 saturated carbocycles. The number of rotatable bonds is 6. The molecular weight excluding hydrogens is 322 g/mol. The number of carbonyl (C=O) groups excluding carboxylic acids is 2. The lowest BCUT2D eigenvalue weighted by Crippen LogP contribution is -2.44. The summed E-state index contributed by atoms with van der Waals surface area (Å²) < 4.78 is 0. The molecule has 2 aromatic rings. The van der Waals surface area contributed by atoms with Crippen molar-refractivity contribution in [3.8, 4) is 0 Å². The quantitative estimate of drug-likeness (QED) is 0.846. The van der Waals surface area contributed by atoms with Crippen molar-refractivity contribution < 1.29 is 9.59 Å². The van der Waals surface area contributed by atoms with Crippen molar-refractivity contribution in [3.05, 3.63) is 51.7 Å². The fourth-order valence-corrected chi connectivity index (χ4v) is 3.04. The fraction of sp³-hybridized carbons (Fsp3) is 0.333. The summed E-state index contributed by atoms with van der Waals surface area (Å²) in [6.07, 6.45) is 0. The average molecular weight is 345 g/mol. The van der Waals surface area contributed by atoms with E-state index in [1.807, 2.05) is 44.6 Å². The molecule has 0 radical (unpaired) electrons. The molecule has 1 heterocycles. The molecular formula is C18H23N3O2S. The predicted molar refractivity (Wildman–Crippen MR) is 98.6 cm³/mol. The summed E-state index contributed by atoms with van der Waals surface area (Å²) in [5.74, 6) is -0.423. The van der Waals surface area contributed by atoms with Crippen LogP contribution in [0.3, 0.4) is 0 Å². The Kier molecular flexibility index (Phi) is 5.98. The molecule has 0 saturated heterocycles. The van der Waals surface area contributed by atoms with E-state index in [1.165, 1.54) is 11.3 Å². The van der Waals surface area contributed by atoms with Crippen molar-refractivity contribution in [3.63, 3.8) is 0 Å². The maximum atomic E-state index is 12.2. The van der Waals surface area contributed by atoms with Crippen LogP contribution in [0.5, 0.6) is 0 Å². The lowest BCUT2D eigenvalue weighted by molar-refractivity contribution is -0.122. The number of carbonyl (C=O) groups is 2. The molecule has 2 amide bonds. The summed E-state index contributed by atoms with van der Waals surface area (Å²) in [4.78, 5) is 26.8. The lowest BCUT2D eigenvalue weighted by atomic mass is 10.1. The Hall–Kier alpha value is -2.34. The van der Waals surface area contributed by atoms with E-state index in [0.29, 0.717) is 11.4 Å². The standard InChI is InChI=1S/C18H23N3O2S/c1-12-10-14(7-8-15(12)21(3)4)11-19-17(22)13(2)20-18(23)16-6-5-9-24-16/h5-10,13H,11H2,1-4H3,(H,19,22)(H,20,23). The Morgan fingerprint density at radius 2 is 2.00 bits per heavy atom. The minimum atomic E-state index is -0.582. The largest absolute Gasteiger partial charge is 0.377 e. The number of hydrogen-bond acceptors (Lipinski definition) is 4. The van der Waals surface area contributed by atoms with Gasteiger partial charge in [-0.25, -0.2) is 0 Å². The molecule has 5 nitrogen and oxygen atoms in total. The number of nitrogens with zero attached hydrogens (tertiary/aromatic N) is 1. The van der Waals surface area contributed by atoms with Crippen LogP contribution >= 0.6 is 11.3 Å². The number of aryl methyl sites for hydroxylation is 1. The van der Waals surface area contributed by atoms with Crippen LogP contribution in [0.1, 0.15) is 27.7 Å². The van der Waals surface area contributed by atoms with Gasteiger partial charge in [0.2, 0.25) is 5.91 Å². The molecule has 2 rings (SSSR count). The van der Waals surface area contributed by atoms with Crippen LogP contribution in [0.4, 0.5) is 5.69 Å². The van der Waals surface area contributed by atoms with Gasteiger partial charge in [-0.05, 0) is 42.5 Å². The van der Waals surface area contributed by atoms with Crippen molar-refractivity contribution in [1.82, 2.24) is 10.6 Å². The molecule has 128 valence electrons. The number of amides is 2. The van der Waals surface area contributed by atoms with E-state index in [9.17, 15) is 9.59 Å². The Bertz CT molecular complexity index is 711. The zero-order valence-corrected chi connectivity index (χ0v) is 15.2. The number of thiophene rings is 1. The van der Waals surface area contributed by atoms with E-state index < -0.39 is 6.04 Å². The Morgan fingerprint density at radius 1 is 1.25 bits per heavy atom. The molecule has 0 fully saturated rings. The van der Waals surface area contributed by atoms with Gasteiger partial charge >= 0.3 is 0 Å². The summed E-state index contributed by atoms with van der Waals surface area (Å²) >= 11 is 1.35. The van der Waals surface area contributed by atoms with E-state index in [-0.39, 0.29) is 11.8 Å². The molecule has 1 unspecified atom stereocenters. The third-order valence-electron chi connectivity index (χ3n) is 3.70. The van der Waals surface area contributed by atoms with Crippen LogP contribution in [0.15, 0.2) is 35.7 Å². The highest BCUT2D eigenvalue weighted by Gasteiger charge is 2.16. The second kappa shape index (κ2) is 7.97. The highest BCUT2D eigenvalue weighted by molar-refractivity contribution is 7.12. The van der Waals surface area contributed by atoms with Crippen molar-refractivity contribution in [1.29, 1.82) is 0 Å². The molecule has 6 heteroatoms. The van der Waals surface area contributed by atoms with E-state index in [2.05, 4.69) is 21.6 Å². The Balaban J connectivity index is 1.88. The Morgan fingerprint density at radius 3 is 2.58 bits per heavy atom. The first kappa shape index (κ1) is 18.0. The molecule has 2 N–H and O–H groups in total. The van der Waals surface area contributed by atoms with Crippen molar-refractivity contribution in [2.75, 3.05) is 19.0 Å². The summed E-state index contributed by atoms with van der Waals surface area (Å²) in [5, 5.41) is 7.40. The lowest BCUT2D eigenvalue weighted by Gasteiger charge is -2.17. The van der Waals surface area contributed by atoms with Gasteiger partial charge in [-0.2, -0.15) is 0 Å². The van der Waals surface area contributed by atoms with Gasteiger partial charge in [0, 0.05) is 26.3 Å². The van der Waals surface area contributed by atoms with Crippen molar-refractivity contribution in [2.45, 2.75) is 26.4 Å². The topological polar surface area (TPSA) is 61.4 Å². The molecule has 1 aromatic heterocycles. The van der Waals surface area contributed by atoms with Crippen molar-refractivity contribution in [2.24, 2.45) is 0 Å². The zero-order chi connectivity index (χ0) is 17.7. The molecule has 0 aliphatic carbocycles. The van der Waals surface area contributed by atoms with Gasteiger partial charge in [-0.1, -0.05) is 18.2 Å². The third kappa shape index (κ3) is 4.58. The summed E-state index contributed by atoms with van der Waals surface area (Å²) in [6.45, 7) is 4.17. The van der Waals surface area contributed by atoms with Crippen LogP contribution in [-0.2, 0) is 11.3 Å². The minimum absolute atomic E-state index is 0.200. The van der Waals surface area contributed by atoms with E-state index in [1.54, 1.807) is 13.0 Å². The number of nitrogens with one attached hydrogen (secondary N) is 2. The van der Waals surface area contributed by atoms with Gasteiger partial charge in [-0.15, -0.1) is 11.3 Å². The predicted octanol–water partition coefficient (Wildman–Crippen LogP) is 2.56. The second-order valence-corrected chi connectivity index (χ2v) is 6.85. The number of anilines is 1. The minimum Gasteiger partial charge on any atom is -0.377 e. The zero-order valence-electron chi connectivity index (χ0n) is 14.4. The highest BCUT2D eigenvalue weighted by atomic mass is 32.1. The van der Waals surface area contributed by atoms with Gasteiger partial charge in [0.25, 0.3) is 5.91 Å². The van der Waals surface area contributed by atoms with Gasteiger partial charge in [0.1, 0.15) is 6.04 Å². The van der Waals surface area contributed by atoms with Crippen molar-refractivity contribution >= 4 is 28.8 Å². The maximum absolute atomic E-state index is 12.2. The number of hydrogen-bond donors (Lipinski definition) is 2. The summed E-state index contributed by atoms with van der Waals surface area (Å²) in [7, 11) is 4.00. The van der Waals surface area contributed by atoms with Gasteiger partial charge in [0.05, 0.1) is 4.88 Å². The Labute approximate surface area is 146 Å². The smallest absolute Gasteiger partial charge is 0.261 e. The SMILES string of the molecule is Cc1cc(CNC(=O)C(C)NC(=O)c2cccs2)ccc1N(C)C. The van der Waals surface area contributed by atoms with Gasteiger partial charge in [0.15, 0.2) is 0 Å². The van der Waals surface area contributed by atoms with E-state index >= 15 is 0 Å². The first-order valence-electron chi connectivity index (χ1n) is 7.77. The first-order chi connectivity index (χ1) is 11.4. The fourth-order valence-electron chi connectivity index (χ4n) is 2.41. The van der Waals surface area contributed by atoms with Gasteiger partial charge in [-0.3, -0.25) is 9.59 Å². The van der Waals surface area contributed by atoms with Crippen LogP contribution in [-0.4, -0.2) is 32.0 Å². The number of benzene rings is 1. The average Bonchev–Trinajstić information content (AvgIpc) is 3.06. The third-order valence-corrected chi connectivity index (χ3v) is 4.56. The second-order valence-electron chi connectivity index (χ2n) is 5.91. The molecule has 1 aromatic carbocycles. The maximum Gasteiger partial charge on any atom is 0.261 e. The molecule has 0 aliphatic heterocycles. The molecule has 0 bridgehead atoms. The molecule has 0 spiro atoms.